The first-order chi connectivity index (χ1) is 11.3. The maximum atomic E-state index is 12.1. The van der Waals surface area contributed by atoms with Gasteiger partial charge in [-0.1, -0.05) is 0 Å². The third-order valence-electron chi connectivity index (χ3n) is 3.60. The third-order valence-corrected chi connectivity index (χ3v) is 4.22. The van der Waals surface area contributed by atoms with Gasteiger partial charge in [0.05, 0.1) is 35.2 Å². The van der Waals surface area contributed by atoms with Crippen LogP contribution in [0.5, 0.6) is 5.75 Å². The van der Waals surface area contributed by atoms with Gasteiger partial charge in [-0.15, -0.1) is 0 Å². The molecule has 24 heavy (non-hydrogen) atoms. The number of anilines is 1. The van der Waals surface area contributed by atoms with E-state index < -0.39 is 0 Å². The van der Waals surface area contributed by atoms with Crippen molar-refractivity contribution in [3.63, 3.8) is 0 Å². The minimum absolute atomic E-state index is 0.129. The van der Waals surface area contributed by atoms with Gasteiger partial charge in [-0.25, -0.2) is 0 Å². The van der Waals surface area contributed by atoms with E-state index >= 15 is 0 Å². The largest absolute Gasteiger partial charge is 0.496 e. The van der Waals surface area contributed by atoms with Crippen LogP contribution in [0.2, 0.25) is 0 Å². The number of nitrogens with one attached hydrogen (secondary N) is 2. The highest BCUT2D eigenvalue weighted by molar-refractivity contribution is 9.10. The van der Waals surface area contributed by atoms with E-state index in [1.807, 2.05) is 13.8 Å². The van der Waals surface area contributed by atoms with Gasteiger partial charge in [0.2, 0.25) is 5.91 Å². The number of aromatic nitrogens is 2. The van der Waals surface area contributed by atoms with Crippen molar-refractivity contribution in [1.29, 1.82) is 0 Å². The van der Waals surface area contributed by atoms with E-state index in [0.29, 0.717) is 21.5 Å². The number of benzene rings is 1. The predicted octanol–water partition coefficient (Wildman–Crippen LogP) is 2.18. The third kappa shape index (κ3) is 3.94. The predicted molar refractivity (Wildman–Crippen MR) is 94.3 cm³/mol. The number of carbonyl (C=O) groups excluding carboxylic acids is 2. The molecule has 2 rings (SSSR count). The summed E-state index contributed by atoms with van der Waals surface area (Å²) in [6.45, 7) is 3.55. The summed E-state index contributed by atoms with van der Waals surface area (Å²) in [5, 5.41) is 9.59. The molecule has 7 nitrogen and oxygen atoms in total. The molecule has 2 aromatic rings. The molecule has 0 aliphatic carbocycles. The summed E-state index contributed by atoms with van der Waals surface area (Å²) in [7, 11) is 3.36. The highest BCUT2D eigenvalue weighted by atomic mass is 79.9. The fourth-order valence-electron chi connectivity index (χ4n) is 2.21. The van der Waals surface area contributed by atoms with Crippen LogP contribution in [-0.4, -0.2) is 35.2 Å². The lowest BCUT2D eigenvalue weighted by Gasteiger charge is -2.09. The topological polar surface area (TPSA) is 85.2 Å². The molecular formula is C16H19BrN4O3. The van der Waals surface area contributed by atoms with Gasteiger partial charge in [0.25, 0.3) is 5.91 Å². The molecule has 8 heteroatoms. The lowest BCUT2D eigenvalue weighted by molar-refractivity contribution is -0.115. The summed E-state index contributed by atoms with van der Waals surface area (Å²) in [5.41, 5.74) is 2.69. The summed E-state index contributed by atoms with van der Waals surface area (Å²) in [6, 6.07) is 4.95. The zero-order valence-electron chi connectivity index (χ0n) is 13.9. The van der Waals surface area contributed by atoms with Gasteiger partial charge in [-0.3, -0.25) is 14.3 Å². The van der Waals surface area contributed by atoms with Crippen molar-refractivity contribution in [3.8, 4) is 5.75 Å². The number of hydrogen-bond donors (Lipinski definition) is 2. The minimum Gasteiger partial charge on any atom is -0.496 e. The molecular weight excluding hydrogens is 376 g/mol. The van der Waals surface area contributed by atoms with Crippen molar-refractivity contribution >= 4 is 33.4 Å². The molecule has 0 unspecified atom stereocenters. The first-order valence-electron chi connectivity index (χ1n) is 7.25. The summed E-state index contributed by atoms with van der Waals surface area (Å²) >= 11 is 3.32. The number of halogens is 1. The number of nitrogens with zero attached hydrogens (tertiary/aromatic N) is 2. The highest BCUT2D eigenvalue weighted by Crippen LogP contribution is 2.25. The maximum Gasteiger partial charge on any atom is 0.251 e. The first-order valence-corrected chi connectivity index (χ1v) is 8.04. The molecule has 2 N–H and O–H groups in total. The number of ether oxygens (including phenoxy) is 1. The number of carbonyl (C=O) groups is 2. The number of methoxy groups -OCH3 is 1. The summed E-state index contributed by atoms with van der Waals surface area (Å²) in [5.74, 6) is -0.0184. The quantitative estimate of drug-likeness (QED) is 0.813. The van der Waals surface area contributed by atoms with E-state index in [0.717, 1.165) is 11.4 Å². The van der Waals surface area contributed by atoms with Crippen LogP contribution in [0.3, 0.4) is 0 Å². The molecule has 1 aromatic heterocycles. The first kappa shape index (κ1) is 18.0. The van der Waals surface area contributed by atoms with E-state index in [4.69, 9.17) is 4.74 Å². The van der Waals surface area contributed by atoms with E-state index in [-0.39, 0.29) is 18.4 Å². The number of hydrogen-bond acceptors (Lipinski definition) is 4. The van der Waals surface area contributed by atoms with E-state index in [1.165, 1.54) is 0 Å². The van der Waals surface area contributed by atoms with Crippen LogP contribution >= 0.6 is 15.9 Å². The Kier molecular flexibility index (Phi) is 5.61. The molecule has 0 aliphatic heterocycles. The fraction of sp³-hybridized carbons (Fsp3) is 0.312. The van der Waals surface area contributed by atoms with Gasteiger partial charge in [0, 0.05) is 12.6 Å². The van der Waals surface area contributed by atoms with Crippen molar-refractivity contribution < 1.29 is 14.3 Å². The molecule has 0 fully saturated rings. The average molecular weight is 395 g/mol. The van der Waals surface area contributed by atoms with Gasteiger partial charge in [-0.05, 0) is 48.0 Å². The Balaban J connectivity index is 1.96. The molecule has 128 valence electrons. The number of rotatable bonds is 5. The average Bonchev–Trinajstić information content (AvgIpc) is 2.78. The Morgan fingerprint density at radius 3 is 2.58 bits per heavy atom. The molecule has 0 saturated carbocycles. The van der Waals surface area contributed by atoms with Crippen LogP contribution in [0.25, 0.3) is 0 Å². The smallest absolute Gasteiger partial charge is 0.251 e. The monoisotopic (exact) mass is 394 g/mol. The highest BCUT2D eigenvalue weighted by Gasteiger charge is 2.14. The molecule has 0 atom stereocenters. The van der Waals surface area contributed by atoms with Crippen LogP contribution < -0.4 is 15.4 Å². The summed E-state index contributed by atoms with van der Waals surface area (Å²) < 4.78 is 7.48. The SMILES string of the molecule is COc1ccc(C(=O)NCC(=O)Nc2c(C)nn(C)c2C)cc1Br. The lowest BCUT2D eigenvalue weighted by Crippen LogP contribution is -2.33. The van der Waals surface area contributed by atoms with Crippen LogP contribution in [0.1, 0.15) is 21.7 Å². The van der Waals surface area contributed by atoms with Crippen molar-refractivity contribution in [2.45, 2.75) is 13.8 Å². The Bertz CT molecular complexity index is 786. The molecule has 2 amide bonds. The number of amides is 2. The second kappa shape index (κ2) is 7.48. The normalized spacial score (nSPS) is 10.4. The molecule has 1 heterocycles. The van der Waals surface area contributed by atoms with E-state index in [1.54, 1.807) is 37.0 Å². The van der Waals surface area contributed by atoms with Gasteiger partial charge in [-0.2, -0.15) is 5.10 Å². The van der Waals surface area contributed by atoms with Gasteiger partial charge in [0.1, 0.15) is 5.75 Å². The van der Waals surface area contributed by atoms with Crippen molar-refractivity contribution in [3.05, 3.63) is 39.6 Å². The minimum atomic E-state index is -0.340. The van der Waals surface area contributed by atoms with E-state index in [9.17, 15) is 9.59 Å². The van der Waals surface area contributed by atoms with E-state index in [2.05, 4.69) is 31.7 Å². The molecule has 0 aliphatic rings. The Morgan fingerprint density at radius 2 is 2.04 bits per heavy atom. The molecule has 0 spiro atoms. The zero-order valence-corrected chi connectivity index (χ0v) is 15.5. The van der Waals surface area contributed by atoms with Crippen molar-refractivity contribution in [2.75, 3.05) is 19.0 Å². The van der Waals surface area contributed by atoms with Gasteiger partial charge >= 0.3 is 0 Å². The molecule has 0 saturated heterocycles. The molecule has 1 aromatic carbocycles. The van der Waals surface area contributed by atoms with Crippen LogP contribution in [-0.2, 0) is 11.8 Å². The molecule has 0 bridgehead atoms. The van der Waals surface area contributed by atoms with Crippen LogP contribution in [0.4, 0.5) is 5.69 Å². The van der Waals surface area contributed by atoms with Crippen molar-refractivity contribution in [1.82, 2.24) is 15.1 Å². The molecule has 0 radical (unpaired) electrons. The second-order valence-electron chi connectivity index (χ2n) is 5.25. The number of aryl methyl sites for hydroxylation is 2. The van der Waals surface area contributed by atoms with Gasteiger partial charge in [0.15, 0.2) is 0 Å². The van der Waals surface area contributed by atoms with Crippen LogP contribution in [0.15, 0.2) is 22.7 Å². The van der Waals surface area contributed by atoms with Crippen LogP contribution in [0, 0.1) is 13.8 Å². The Hall–Kier alpha value is -2.35. The van der Waals surface area contributed by atoms with Crippen molar-refractivity contribution in [2.24, 2.45) is 7.05 Å². The second-order valence-corrected chi connectivity index (χ2v) is 6.10. The summed E-state index contributed by atoms with van der Waals surface area (Å²) in [6.07, 6.45) is 0. The zero-order chi connectivity index (χ0) is 17.9. The lowest BCUT2D eigenvalue weighted by atomic mass is 10.2. The Morgan fingerprint density at radius 1 is 1.33 bits per heavy atom. The van der Waals surface area contributed by atoms with Gasteiger partial charge < -0.3 is 15.4 Å². The standard InChI is InChI=1S/C16H19BrN4O3/c1-9-15(10(2)21(3)20-9)19-14(22)8-18-16(23)11-5-6-13(24-4)12(17)7-11/h5-7H,8H2,1-4H3,(H,18,23)(H,19,22). The fourth-order valence-corrected chi connectivity index (χ4v) is 2.75. The Labute approximate surface area is 148 Å². The maximum absolute atomic E-state index is 12.1. The summed E-state index contributed by atoms with van der Waals surface area (Å²) in [4.78, 5) is 24.2.